The van der Waals surface area contributed by atoms with E-state index in [9.17, 15) is 0 Å². The van der Waals surface area contributed by atoms with Crippen molar-refractivity contribution in [1.82, 2.24) is 15.2 Å². The number of rotatable bonds is 8. The third kappa shape index (κ3) is 3.58. The molecule has 0 aliphatic rings. The monoisotopic (exact) mass is 277 g/mol. The molecule has 0 aromatic carbocycles. The van der Waals surface area contributed by atoms with E-state index in [4.69, 9.17) is 0 Å². The molecule has 0 saturated heterocycles. The van der Waals surface area contributed by atoms with E-state index in [1.165, 1.54) is 11.1 Å². The van der Waals surface area contributed by atoms with Gasteiger partial charge in [0, 0.05) is 17.9 Å². The quantitative estimate of drug-likeness (QED) is 0.787. The van der Waals surface area contributed by atoms with E-state index in [0.29, 0.717) is 6.04 Å². The zero-order valence-corrected chi connectivity index (χ0v) is 14.0. The molecule has 1 aromatic rings. The largest absolute Gasteiger partial charge is 0.309 e. The molecule has 0 bridgehead atoms. The summed E-state index contributed by atoms with van der Waals surface area (Å²) in [6.45, 7) is 16.5. The van der Waals surface area contributed by atoms with Crippen LogP contribution >= 0.6 is 0 Å². The van der Waals surface area contributed by atoms with Crippen molar-refractivity contribution in [2.75, 3.05) is 19.6 Å². The summed E-state index contributed by atoms with van der Waals surface area (Å²) >= 11 is 0. The predicted molar refractivity (Wildman–Crippen MR) is 87.0 cm³/mol. The highest BCUT2D eigenvalue weighted by Gasteiger charge is 2.37. The van der Waals surface area contributed by atoms with Gasteiger partial charge in [-0.3, -0.25) is 9.88 Å². The number of hydrogen-bond donors (Lipinski definition) is 1. The van der Waals surface area contributed by atoms with E-state index in [0.717, 1.165) is 26.1 Å². The third-order valence-corrected chi connectivity index (χ3v) is 4.46. The van der Waals surface area contributed by atoms with E-state index in [-0.39, 0.29) is 5.54 Å². The Labute approximate surface area is 124 Å². The molecule has 2 unspecified atom stereocenters. The first-order valence-corrected chi connectivity index (χ1v) is 7.93. The molecule has 0 aliphatic heterocycles. The molecule has 2 atom stereocenters. The van der Waals surface area contributed by atoms with Gasteiger partial charge >= 0.3 is 0 Å². The van der Waals surface area contributed by atoms with Gasteiger partial charge in [0.1, 0.15) is 0 Å². The van der Waals surface area contributed by atoms with Gasteiger partial charge < -0.3 is 5.32 Å². The Kier molecular flexibility index (Phi) is 6.63. The van der Waals surface area contributed by atoms with Gasteiger partial charge in [-0.25, -0.2) is 0 Å². The topological polar surface area (TPSA) is 28.2 Å². The third-order valence-electron chi connectivity index (χ3n) is 4.46. The lowest BCUT2D eigenvalue weighted by molar-refractivity contribution is 0.0703. The number of aryl methyl sites for hydroxylation is 1. The van der Waals surface area contributed by atoms with Crippen LogP contribution in [-0.2, 0) is 0 Å². The molecule has 0 radical (unpaired) electrons. The summed E-state index contributed by atoms with van der Waals surface area (Å²) in [5.41, 5.74) is 2.63. The summed E-state index contributed by atoms with van der Waals surface area (Å²) < 4.78 is 0. The number of nitrogens with one attached hydrogen (secondary N) is 1. The molecule has 20 heavy (non-hydrogen) atoms. The maximum absolute atomic E-state index is 4.39. The Balaban J connectivity index is 3.21. The molecule has 1 aromatic heterocycles. The second kappa shape index (κ2) is 7.75. The first-order chi connectivity index (χ1) is 9.53. The molecule has 0 aliphatic carbocycles. The minimum absolute atomic E-state index is 0.106. The lowest BCUT2D eigenvalue weighted by Gasteiger charge is -2.46. The Hall–Kier alpha value is -0.930. The van der Waals surface area contributed by atoms with Crippen LogP contribution in [0.1, 0.15) is 58.2 Å². The van der Waals surface area contributed by atoms with Crippen molar-refractivity contribution in [1.29, 1.82) is 0 Å². The average molecular weight is 277 g/mol. The van der Waals surface area contributed by atoms with Crippen molar-refractivity contribution in [3.05, 3.63) is 29.6 Å². The van der Waals surface area contributed by atoms with Gasteiger partial charge in [-0.1, -0.05) is 33.8 Å². The zero-order chi connectivity index (χ0) is 15.2. The highest BCUT2D eigenvalue weighted by Crippen LogP contribution is 2.34. The van der Waals surface area contributed by atoms with Crippen molar-refractivity contribution in [3.63, 3.8) is 0 Å². The minimum Gasteiger partial charge on any atom is -0.309 e. The summed E-state index contributed by atoms with van der Waals surface area (Å²) in [7, 11) is 0. The fourth-order valence-corrected chi connectivity index (χ4v) is 3.19. The summed E-state index contributed by atoms with van der Waals surface area (Å²) in [6.07, 6.45) is 5.05. The molecule has 0 fully saturated rings. The van der Waals surface area contributed by atoms with E-state index >= 15 is 0 Å². The zero-order valence-electron chi connectivity index (χ0n) is 14.0. The lowest BCUT2D eigenvalue weighted by atomic mass is 9.83. The van der Waals surface area contributed by atoms with E-state index in [2.05, 4.69) is 62.8 Å². The highest BCUT2D eigenvalue weighted by molar-refractivity contribution is 5.24. The predicted octanol–water partition coefficient (Wildman–Crippen LogP) is 3.55. The van der Waals surface area contributed by atoms with Gasteiger partial charge in [-0.2, -0.15) is 0 Å². The normalized spacial score (nSPS) is 16.1. The molecular weight excluding hydrogens is 246 g/mol. The van der Waals surface area contributed by atoms with E-state index in [1.807, 2.05) is 12.4 Å². The van der Waals surface area contributed by atoms with Crippen LogP contribution in [0.2, 0.25) is 0 Å². The molecule has 114 valence electrons. The van der Waals surface area contributed by atoms with Gasteiger partial charge in [0.05, 0.1) is 6.04 Å². The Morgan fingerprint density at radius 1 is 1.20 bits per heavy atom. The number of hydrogen-bond acceptors (Lipinski definition) is 3. The molecule has 1 heterocycles. The van der Waals surface area contributed by atoms with Crippen LogP contribution in [-0.4, -0.2) is 35.1 Å². The summed E-state index contributed by atoms with van der Waals surface area (Å²) in [5.74, 6) is 0. The number of nitrogens with zero attached hydrogens (tertiary/aromatic N) is 2. The van der Waals surface area contributed by atoms with Crippen LogP contribution in [0.4, 0.5) is 0 Å². The Morgan fingerprint density at radius 3 is 2.30 bits per heavy atom. The van der Waals surface area contributed by atoms with Crippen molar-refractivity contribution >= 4 is 0 Å². The van der Waals surface area contributed by atoms with Gasteiger partial charge in [-0.15, -0.1) is 0 Å². The second-order valence-corrected chi connectivity index (χ2v) is 5.67. The Morgan fingerprint density at radius 2 is 1.85 bits per heavy atom. The molecule has 1 N–H and O–H groups in total. The summed E-state index contributed by atoms with van der Waals surface area (Å²) in [6, 6.07) is 2.57. The van der Waals surface area contributed by atoms with Gasteiger partial charge in [0.15, 0.2) is 0 Å². The Bertz CT molecular complexity index is 401. The molecule has 3 nitrogen and oxygen atoms in total. The van der Waals surface area contributed by atoms with Crippen molar-refractivity contribution < 1.29 is 0 Å². The number of likely N-dealkylation sites (N-methyl/N-ethyl adjacent to an activating group) is 2. The van der Waals surface area contributed by atoms with E-state index < -0.39 is 0 Å². The number of pyridine rings is 1. The fourth-order valence-electron chi connectivity index (χ4n) is 3.19. The highest BCUT2D eigenvalue weighted by atomic mass is 15.2. The second-order valence-electron chi connectivity index (χ2n) is 5.67. The summed E-state index contributed by atoms with van der Waals surface area (Å²) in [4.78, 5) is 6.95. The average Bonchev–Trinajstić information content (AvgIpc) is 2.45. The maximum atomic E-state index is 4.39. The van der Waals surface area contributed by atoms with Gasteiger partial charge in [0.2, 0.25) is 0 Å². The van der Waals surface area contributed by atoms with Crippen LogP contribution < -0.4 is 5.32 Å². The van der Waals surface area contributed by atoms with Crippen LogP contribution in [0, 0.1) is 6.92 Å². The molecule has 0 saturated carbocycles. The number of aromatic nitrogens is 1. The molecule has 0 amide bonds. The molecular formula is C17H31N3. The molecule has 0 spiro atoms. The first-order valence-electron chi connectivity index (χ1n) is 7.93. The first kappa shape index (κ1) is 17.1. The van der Waals surface area contributed by atoms with Crippen LogP contribution in [0.5, 0.6) is 0 Å². The van der Waals surface area contributed by atoms with Crippen LogP contribution in [0.25, 0.3) is 0 Å². The standard InChI is InChI=1S/C17H31N3/c1-7-17(6,20(9-3)10-4)16(19-8-2)15-11-14(5)12-18-13-15/h11-13,16,19H,7-10H2,1-6H3. The van der Waals surface area contributed by atoms with Crippen LogP contribution in [0.3, 0.4) is 0 Å². The molecule has 3 heteroatoms. The van der Waals surface area contributed by atoms with Crippen molar-refractivity contribution in [3.8, 4) is 0 Å². The minimum atomic E-state index is 0.106. The van der Waals surface area contributed by atoms with Gasteiger partial charge in [-0.05, 0) is 51.0 Å². The smallest absolute Gasteiger partial charge is 0.0519 e. The maximum Gasteiger partial charge on any atom is 0.0519 e. The fraction of sp³-hybridized carbons (Fsp3) is 0.706. The summed E-state index contributed by atoms with van der Waals surface area (Å²) in [5, 5.41) is 3.69. The molecule has 1 rings (SSSR count). The van der Waals surface area contributed by atoms with Crippen molar-refractivity contribution in [2.24, 2.45) is 0 Å². The van der Waals surface area contributed by atoms with Gasteiger partial charge in [0.25, 0.3) is 0 Å². The lowest BCUT2D eigenvalue weighted by Crippen LogP contribution is -2.54. The van der Waals surface area contributed by atoms with Crippen molar-refractivity contribution in [2.45, 2.75) is 59.5 Å². The van der Waals surface area contributed by atoms with Crippen LogP contribution in [0.15, 0.2) is 18.5 Å². The SMILES string of the molecule is CCNC(c1cncc(C)c1)C(C)(CC)N(CC)CC. The van der Waals surface area contributed by atoms with E-state index in [1.54, 1.807) is 0 Å².